The molecule has 13 heavy (non-hydrogen) atoms. The van der Waals surface area contributed by atoms with Gasteiger partial charge in [-0.25, -0.2) is 4.21 Å². The first-order valence-electron chi connectivity index (χ1n) is 4.25. The van der Waals surface area contributed by atoms with Gasteiger partial charge < -0.3 is 4.90 Å². The van der Waals surface area contributed by atoms with Crippen molar-refractivity contribution in [2.75, 3.05) is 18.1 Å². The first-order chi connectivity index (χ1) is 5.72. The highest BCUT2D eigenvalue weighted by atomic mass is 32.2. The maximum absolute atomic E-state index is 11.4. The summed E-state index contributed by atoms with van der Waals surface area (Å²) in [6.45, 7) is 6.16. The van der Waals surface area contributed by atoms with Crippen molar-refractivity contribution in [3.05, 3.63) is 0 Å². The van der Waals surface area contributed by atoms with Crippen molar-refractivity contribution in [3.63, 3.8) is 0 Å². The molecule has 0 aromatic rings. The molecular weight excluding hydrogens is 190 g/mol. The third-order valence-electron chi connectivity index (χ3n) is 2.09. The minimum atomic E-state index is -2.87. The van der Waals surface area contributed by atoms with Gasteiger partial charge in [-0.15, -0.1) is 0 Å². The maximum Gasteiger partial charge on any atom is 0.284 e. The Morgan fingerprint density at radius 1 is 1.46 bits per heavy atom. The van der Waals surface area contributed by atoms with E-state index >= 15 is 0 Å². The molecule has 1 heterocycles. The summed E-state index contributed by atoms with van der Waals surface area (Å²) in [7, 11) is -2.87. The zero-order chi connectivity index (χ0) is 10.3. The molecule has 0 radical (unpaired) electrons. The Hall–Kier alpha value is -0.580. The lowest BCUT2D eigenvalue weighted by Crippen LogP contribution is -2.53. The lowest BCUT2D eigenvalue weighted by atomic mass is 10.1. The molecule has 1 rings (SSSR count). The van der Waals surface area contributed by atoms with Crippen molar-refractivity contribution in [2.24, 2.45) is 0 Å². The number of rotatable bonds is 0. The summed E-state index contributed by atoms with van der Waals surface area (Å²) in [6.07, 6.45) is 0. The SMILES string of the molecule is CC(C)(C)N1CCS(=O)(=[OH+])CC1=O. The molecule has 4 nitrogen and oxygen atoms in total. The van der Waals surface area contributed by atoms with Gasteiger partial charge in [0.25, 0.3) is 9.84 Å². The van der Waals surface area contributed by atoms with Crippen LogP contribution in [-0.4, -0.2) is 42.8 Å². The van der Waals surface area contributed by atoms with Crippen molar-refractivity contribution in [1.29, 1.82) is 0 Å². The fraction of sp³-hybridized carbons (Fsp3) is 0.875. The fourth-order valence-electron chi connectivity index (χ4n) is 1.41. The molecule has 0 aromatic carbocycles. The van der Waals surface area contributed by atoms with Gasteiger partial charge in [-0.2, -0.15) is 4.21 Å². The highest BCUT2D eigenvalue weighted by Crippen LogP contribution is 2.17. The molecule has 0 aliphatic carbocycles. The second-order valence-electron chi connectivity index (χ2n) is 4.34. The van der Waals surface area contributed by atoms with E-state index < -0.39 is 9.84 Å². The van der Waals surface area contributed by atoms with Crippen LogP contribution in [-0.2, 0) is 14.6 Å². The van der Waals surface area contributed by atoms with Crippen LogP contribution in [0.2, 0.25) is 0 Å². The van der Waals surface area contributed by atoms with Gasteiger partial charge >= 0.3 is 0 Å². The summed E-state index contributed by atoms with van der Waals surface area (Å²) >= 11 is 0. The molecule has 1 fully saturated rings. The summed E-state index contributed by atoms with van der Waals surface area (Å²) in [4.78, 5) is 13.1. The van der Waals surface area contributed by atoms with Crippen LogP contribution in [0.15, 0.2) is 0 Å². The predicted molar refractivity (Wildman–Crippen MR) is 51.3 cm³/mol. The quantitative estimate of drug-likeness (QED) is 0.532. The number of hydrogen-bond donors (Lipinski definition) is 0. The molecule has 1 atom stereocenters. The van der Waals surface area contributed by atoms with Gasteiger partial charge in [0.2, 0.25) is 5.91 Å². The third-order valence-corrected chi connectivity index (χ3v) is 3.61. The van der Waals surface area contributed by atoms with E-state index in [4.69, 9.17) is 0 Å². The van der Waals surface area contributed by atoms with Gasteiger partial charge in [0.1, 0.15) is 5.75 Å². The molecule has 0 saturated carbocycles. The van der Waals surface area contributed by atoms with E-state index in [1.807, 2.05) is 20.8 Å². The topological polar surface area (TPSA) is 58.8 Å². The largest absolute Gasteiger partial charge is 0.336 e. The maximum atomic E-state index is 11.4. The molecule has 1 amide bonds. The predicted octanol–water partition coefficient (Wildman–Crippen LogP) is 0.199. The zero-order valence-electron chi connectivity index (χ0n) is 8.24. The van der Waals surface area contributed by atoms with E-state index in [0.29, 0.717) is 6.54 Å². The Morgan fingerprint density at radius 3 is 2.38 bits per heavy atom. The Kier molecular flexibility index (Phi) is 2.40. The summed E-state index contributed by atoms with van der Waals surface area (Å²) in [6, 6.07) is 0. The number of carbonyl (C=O) groups is 1. The van der Waals surface area contributed by atoms with Crippen LogP contribution in [0.4, 0.5) is 0 Å². The zero-order valence-corrected chi connectivity index (χ0v) is 9.06. The van der Waals surface area contributed by atoms with Gasteiger partial charge in [0, 0.05) is 12.1 Å². The minimum absolute atomic E-state index is 0.204. The highest BCUT2D eigenvalue weighted by molar-refractivity contribution is 7.92. The van der Waals surface area contributed by atoms with Gasteiger partial charge in [-0.05, 0) is 20.8 Å². The molecule has 1 aliphatic heterocycles. The van der Waals surface area contributed by atoms with E-state index in [1.165, 1.54) is 0 Å². The summed E-state index contributed by atoms with van der Waals surface area (Å²) in [5.41, 5.74) is -0.243. The van der Waals surface area contributed by atoms with E-state index in [9.17, 15) is 13.2 Å². The molecule has 76 valence electrons. The van der Waals surface area contributed by atoms with E-state index in [1.54, 1.807) is 4.90 Å². The average molecular weight is 206 g/mol. The standard InChI is InChI=1S/C8H15NO3S/c1-8(2,3)9-4-5-13(11,12)6-7(9)10/h4-6H2,1-3H3/p+1. The van der Waals surface area contributed by atoms with Crippen molar-refractivity contribution in [2.45, 2.75) is 26.3 Å². The fourth-order valence-corrected chi connectivity index (χ4v) is 2.57. The second-order valence-corrected chi connectivity index (χ2v) is 6.58. The van der Waals surface area contributed by atoms with Crippen LogP contribution in [0, 0.1) is 0 Å². The molecule has 0 bridgehead atoms. The first-order valence-corrected chi connectivity index (χ1v) is 6.10. The molecule has 1 saturated heterocycles. The van der Waals surface area contributed by atoms with E-state index in [2.05, 4.69) is 0 Å². The summed E-state index contributed by atoms with van der Waals surface area (Å²) < 4.78 is 20.4. The second kappa shape index (κ2) is 2.97. The molecule has 1 unspecified atom stereocenters. The Labute approximate surface area is 78.8 Å². The smallest absolute Gasteiger partial charge is 0.284 e. The van der Waals surface area contributed by atoms with Crippen LogP contribution < -0.4 is 0 Å². The molecular formula is C8H16NO3S+. The third kappa shape index (κ3) is 2.43. The Balaban J connectivity index is 2.82. The molecule has 0 aromatic heterocycles. The molecule has 1 N–H and O–H groups in total. The van der Waals surface area contributed by atoms with Gasteiger partial charge in [0.05, 0.1) is 0 Å². The monoisotopic (exact) mass is 206 g/mol. The number of amides is 1. The first kappa shape index (κ1) is 10.5. The number of nitrogens with zero attached hydrogens (tertiary/aromatic N) is 1. The van der Waals surface area contributed by atoms with Crippen LogP contribution in [0.1, 0.15) is 20.8 Å². The van der Waals surface area contributed by atoms with Crippen molar-refractivity contribution in [1.82, 2.24) is 4.90 Å². The lowest BCUT2D eigenvalue weighted by Gasteiger charge is -2.37. The van der Waals surface area contributed by atoms with Gasteiger partial charge in [0.15, 0.2) is 5.75 Å². The van der Waals surface area contributed by atoms with Crippen LogP contribution >= 0.6 is 0 Å². The van der Waals surface area contributed by atoms with Crippen LogP contribution in [0.3, 0.4) is 0 Å². The van der Waals surface area contributed by atoms with E-state index in [-0.39, 0.29) is 23.0 Å². The number of hydrogen-bond acceptors (Lipinski definition) is 2. The number of carbonyl (C=O) groups excluding carboxylic acids is 1. The van der Waals surface area contributed by atoms with Crippen molar-refractivity contribution >= 4 is 15.7 Å². The lowest BCUT2D eigenvalue weighted by molar-refractivity contribution is -0.133. The Bertz CT molecular complexity index is 313. The van der Waals surface area contributed by atoms with Gasteiger partial charge in [-0.3, -0.25) is 4.79 Å². The minimum Gasteiger partial charge on any atom is -0.336 e. The molecule has 0 spiro atoms. The summed E-state index contributed by atoms with van der Waals surface area (Å²) in [5, 5.41) is 0. The summed E-state index contributed by atoms with van der Waals surface area (Å²) in [5.74, 6) is -0.230. The van der Waals surface area contributed by atoms with E-state index in [0.717, 1.165) is 0 Å². The Morgan fingerprint density at radius 2 is 2.00 bits per heavy atom. The molecule has 5 heteroatoms. The highest BCUT2D eigenvalue weighted by Gasteiger charge is 2.37. The van der Waals surface area contributed by atoms with Gasteiger partial charge in [-0.1, -0.05) is 0 Å². The normalized spacial score (nSPS) is 30.7. The van der Waals surface area contributed by atoms with Crippen molar-refractivity contribution < 1.29 is 13.2 Å². The van der Waals surface area contributed by atoms with Crippen molar-refractivity contribution in [3.8, 4) is 0 Å². The molecule has 1 aliphatic rings. The average Bonchev–Trinajstić information content (AvgIpc) is 1.80. The van der Waals surface area contributed by atoms with Crippen LogP contribution in [0.5, 0.6) is 0 Å². The van der Waals surface area contributed by atoms with Crippen LogP contribution in [0.25, 0.3) is 0 Å².